The predicted molar refractivity (Wildman–Crippen MR) is 80.1 cm³/mol. The molecule has 3 heterocycles. The normalized spacial score (nSPS) is 16.4. The standard InChI is InChI=1S/C15H16F3N5/c16-15(17,18)12-2-1-6-20-14(12)23-8-4-11(5-9-23)22-13-3-7-19-10-21-13/h1-3,6-7,10-11H,4-5,8-9H2,(H,19,21,22). The van der Waals surface area contributed by atoms with Crippen molar-refractivity contribution in [3.05, 3.63) is 42.5 Å². The van der Waals surface area contributed by atoms with Gasteiger partial charge in [-0.25, -0.2) is 15.0 Å². The third-order valence-electron chi connectivity index (χ3n) is 3.82. The Balaban J connectivity index is 1.66. The van der Waals surface area contributed by atoms with E-state index in [0.29, 0.717) is 13.1 Å². The van der Waals surface area contributed by atoms with Gasteiger partial charge in [0.25, 0.3) is 0 Å². The summed E-state index contributed by atoms with van der Waals surface area (Å²) >= 11 is 0. The predicted octanol–water partition coefficient (Wildman–Crippen LogP) is 2.97. The summed E-state index contributed by atoms with van der Waals surface area (Å²) in [5.74, 6) is 0.743. The number of halogens is 3. The molecule has 1 aliphatic heterocycles. The van der Waals surface area contributed by atoms with Crippen LogP contribution in [0.25, 0.3) is 0 Å². The van der Waals surface area contributed by atoms with Crippen LogP contribution >= 0.6 is 0 Å². The fourth-order valence-corrected chi connectivity index (χ4v) is 2.69. The molecule has 0 radical (unpaired) electrons. The Bertz CT molecular complexity index is 639. The van der Waals surface area contributed by atoms with Crippen LogP contribution in [0.1, 0.15) is 18.4 Å². The number of anilines is 2. The number of piperidine rings is 1. The van der Waals surface area contributed by atoms with Gasteiger partial charge in [-0.1, -0.05) is 0 Å². The van der Waals surface area contributed by atoms with E-state index in [4.69, 9.17) is 0 Å². The van der Waals surface area contributed by atoms with Gasteiger partial charge in [0.15, 0.2) is 0 Å². The van der Waals surface area contributed by atoms with E-state index in [1.165, 1.54) is 18.6 Å². The van der Waals surface area contributed by atoms with Crippen LogP contribution in [-0.2, 0) is 6.18 Å². The van der Waals surface area contributed by atoms with Crippen molar-refractivity contribution in [3.63, 3.8) is 0 Å². The zero-order valence-electron chi connectivity index (χ0n) is 12.3. The average Bonchev–Trinajstić information content (AvgIpc) is 2.56. The maximum Gasteiger partial charge on any atom is 0.419 e. The van der Waals surface area contributed by atoms with Crippen LogP contribution < -0.4 is 10.2 Å². The summed E-state index contributed by atoms with van der Waals surface area (Å²) in [4.78, 5) is 13.6. The number of pyridine rings is 1. The summed E-state index contributed by atoms with van der Waals surface area (Å²) in [6.45, 7) is 1.03. The van der Waals surface area contributed by atoms with Gasteiger partial charge < -0.3 is 10.2 Å². The highest BCUT2D eigenvalue weighted by Crippen LogP contribution is 2.36. The Morgan fingerprint density at radius 3 is 2.52 bits per heavy atom. The van der Waals surface area contributed by atoms with Gasteiger partial charge in [0, 0.05) is 31.5 Å². The first kappa shape index (κ1) is 15.5. The number of nitrogens with one attached hydrogen (secondary N) is 1. The number of nitrogens with zero attached hydrogens (tertiary/aromatic N) is 4. The van der Waals surface area contributed by atoms with Gasteiger partial charge in [-0.3, -0.25) is 0 Å². The molecule has 1 aliphatic rings. The number of hydrogen-bond acceptors (Lipinski definition) is 5. The van der Waals surface area contributed by atoms with E-state index in [1.807, 2.05) is 0 Å². The van der Waals surface area contributed by atoms with Gasteiger partial charge >= 0.3 is 6.18 Å². The van der Waals surface area contributed by atoms with Gasteiger partial charge in [-0.05, 0) is 31.0 Å². The van der Waals surface area contributed by atoms with Crippen molar-refractivity contribution in [2.24, 2.45) is 0 Å². The van der Waals surface area contributed by atoms with Gasteiger partial charge in [-0.2, -0.15) is 13.2 Å². The molecule has 23 heavy (non-hydrogen) atoms. The van der Waals surface area contributed by atoms with Crippen LogP contribution in [0.3, 0.4) is 0 Å². The molecule has 0 atom stereocenters. The third-order valence-corrected chi connectivity index (χ3v) is 3.82. The lowest BCUT2D eigenvalue weighted by molar-refractivity contribution is -0.137. The summed E-state index contributed by atoms with van der Waals surface area (Å²) in [7, 11) is 0. The van der Waals surface area contributed by atoms with Crippen LogP contribution in [0.15, 0.2) is 36.9 Å². The minimum Gasteiger partial charge on any atom is -0.367 e. The van der Waals surface area contributed by atoms with E-state index >= 15 is 0 Å². The first-order valence-corrected chi connectivity index (χ1v) is 7.34. The number of alkyl halides is 3. The number of aromatic nitrogens is 3. The Morgan fingerprint density at radius 1 is 1.09 bits per heavy atom. The molecule has 122 valence electrons. The van der Waals surface area contributed by atoms with Crippen molar-refractivity contribution in [2.45, 2.75) is 25.1 Å². The molecule has 3 rings (SSSR count). The SMILES string of the molecule is FC(F)(F)c1cccnc1N1CCC(Nc2ccncn2)CC1. The summed E-state index contributed by atoms with van der Waals surface area (Å²) in [6.07, 6.45) is 1.56. The maximum atomic E-state index is 13.1. The van der Waals surface area contributed by atoms with E-state index in [-0.39, 0.29) is 11.9 Å². The highest BCUT2D eigenvalue weighted by Gasteiger charge is 2.36. The van der Waals surface area contributed by atoms with Crippen LogP contribution in [-0.4, -0.2) is 34.1 Å². The van der Waals surface area contributed by atoms with Crippen LogP contribution in [0, 0.1) is 0 Å². The zero-order valence-corrected chi connectivity index (χ0v) is 12.3. The van der Waals surface area contributed by atoms with Gasteiger partial charge in [0.2, 0.25) is 0 Å². The second-order valence-corrected chi connectivity index (χ2v) is 5.37. The van der Waals surface area contributed by atoms with E-state index in [9.17, 15) is 13.2 Å². The lowest BCUT2D eigenvalue weighted by Crippen LogP contribution is -2.40. The van der Waals surface area contributed by atoms with Crippen molar-refractivity contribution in [3.8, 4) is 0 Å². The lowest BCUT2D eigenvalue weighted by atomic mass is 10.0. The first-order valence-electron chi connectivity index (χ1n) is 7.34. The molecule has 0 spiro atoms. The lowest BCUT2D eigenvalue weighted by Gasteiger charge is -2.34. The largest absolute Gasteiger partial charge is 0.419 e. The molecule has 2 aromatic heterocycles. The molecule has 0 amide bonds. The van der Waals surface area contributed by atoms with E-state index < -0.39 is 11.7 Å². The van der Waals surface area contributed by atoms with Crippen molar-refractivity contribution in [2.75, 3.05) is 23.3 Å². The summed E-state index contributed by atoms with van der Waals surface area (Å²) in [5.41, 5.74) is -0.679. The van der Waals surface area contributed by atoms with Gasteiger partial charge in [0.05, 0.1) is 5.56 Å². The topological polar surface area (TPSA) is 53.9 Å². The molecular formula is C15H16F3N5. The van der Waals surface area contributed by atoms with E-state index in [0.717, 1.165) is 24.7 Å². The highest BCUT2D eigenvalue weighted by molar-refractivity contribution is 5.49. The minimum atomic E-state index is -4.39. The molecular weight excluding hydrogens is 307 g/mol. The average molecular weight is 323 g/mol. The van der Waals surface area contributed by atoms with Crippen LogP contribution in [0.5, 0.6) is 0 Å². The number of rotatable bonds is 3. The quantitative estimate of drug-likeness (QED) is 0.941. The third kappa shape index (κ3) is 3.69. The Hall–Kier alpha value is -2.38. The monoisotopic (exact) mass is 323 g/mol. The van der Waals surface area contributed by atoms with Crippen molar-refractivity contribution < 1.29 is 13.2 Å². The van der Waals surface area contributed by atoms with E-state index in [2.05, 4.69) is 20.3 Å². The summed E-state index contributed by atoms with van der Waals surface area (Å²) in [5, 5.41) is 3.28. The van der Waals surface area contributed by atoms with Crippen LogP contribution in [0.4, 0.5) is 24.8 Å². The maximum absolute atomic E-state index is 13.1. The summed E-state index contributed by atoms with van der Waals surface area (Å²) in [6, 6.07) is 4.34. The molecule has 1 saturated heterocycles. The van der Waals surface area contributed by atoms with Crippen molar-refractivity contribution >= 4 is 11.6 Å². The highest BCUT2D eigenvalue weighted by atomic mass is 19.4. The molecule has 0 aliphatic carbocycles. The number of hydrogen-bond donors (Lipinski definition) is 1. The van der Waals surface area contributed by atoms with Crippen molar-refractivity contribution in [1.82, 2.24) is 15.0 Å². The second kappa shape index (κ2) is 6.39. The fourth-order valence-electron chi connectivity index (χ4n) is 2.69. The Labute approximate surface area is 131 Å². The zero-order chi connectivity index (χ0) is 16.3. The molecule has 1 fully saturated rings. The first-order chi connectivity index (χ1) is 11.0. The molecule has 0 saturated carbocycles. The van der Waals surface area contributed by atoms with Gasteiger partial charge in [0.1, 0.15) is 18.0 Å². The summed E-state index contributed by atoms with van der Waals surface area (Å²) < 4.78 is 39.2. The van der Waals surface area contributed by atoms with Crippen LogP contribution in [0.2, 0.25) is 0 Å². The second-order valence-electron chi connectivity index (χ2n) is 5.37. The molecule has 5 nitrogen and oxygen atoms in total. The fraction of sp³-hybridized carbons (Fsp3) is 0.400. The van der Waals surface area contributed by atoms with Crippen molar-refractivity contribution in [1.29, 1.82) is 0 Å². The smallest absolute Gasteiger partial charge is 0.367 e. The van der Waals surface area contributed by atoms with Gasteiger partial charge in [-0.15, -0.1) is 0 Å². The minimum absolute atomic E-state index is 0.0143. The van der Waals surface area contributed by atoms with E-state index in [1.54, 1.807) is 17.2 Å². The Kier molecular flexibility index (Phi) is 4.31. The molecule has 2 aromatic rings. The molecule has 0 unspecified atom stereocenters. The molecule has 0 aromatic carbocycles. The molecule has 1 N–H and O–H groups in total. The Morgan fingerprint density at radius 2 is 1.87 bits per heavy atom. The molecule has 8 heteroatoms. The molecule has 0 bridgehead atoms.